The third-order valence-corrected chi connectivity index (χ3v) is 7.63. The average Bonchev–Trinajstić information content (AvgIpc) is 3.20. The van der Waals surface area contributed by atoms with E-state index in [0.29, 0.717) is 34.6 Å². The van der Waals surface area contributed by atoms with Crippen LogP contribution < -0.4 is 14.8 Å². The van der Waals surface area contributed by atoms with Gasteiger partial charge in [-0.15, -0.1) is 13.2 Å². The molecule has 0 aliphatic heterocycles. The van der Waals surface area contributed by atoms with Crippen LogP contribution in [0, 0.1) is 20.8 Å². The molecule has 0 fully saturated rings. The summed E-state index contributed by atoms with van der Waals surface area (Å²) in [5.74, 6) is -0.344. The maximum Gasteiger partial charge on any atom is 0.573 e. The highest BCUT2D eigenvalue weighted by atomic mass is 32.2. The number of aromatic nitrogens is 2. The van der Waals surface area contributed by atoms with E-state index in [0.717, 1.165) is 10.9 Å². The molecule has 2 N–H and O–H groups in total. The summed E-state index contributed by atoms with van der Waals surface area (Å²) < 4.78 is 72.3. The number of nitrogens with one attached hydrogen (secondary N) is 2. The Labute approximate surface area is 213 Å². The normalized spacial score (nSPS) is 13.1. The minimum Gasteiger partial charge on any atom is -0.406 e. The van der Waals surface area contributed by atoms with Crippen molar-refractivity contribution >= 4 is 26.6 Å². The van der Waals surface area contributed by atoms with Gasteiger partial charge >= 0.3 is 6.36 Å². The summed E-state index contributed by atoms with van der Waals surface area (Å²) in [5, 5.41) is 8.32. The standard InChI is InChI=1S/C26H27F3N4O3S/c1-16-11-17(2)25(18(3)12-16)37(34,35)32-19(4)14-30-23-9-6-10-24-22(23)15-31-33(24)20-7-5-8-21(13-20)36-26(27,28)29/h5-13,15,19,30,32H,14H2,1-4H3/t19-/m0/s1. The fraction of sp³-hybridized carbons (Fsp3) is 0.269. The Morgan fingerprint density at radius 2 is 1.70 bits per heavy atom. The second kappa shape index (κ2) is 10.1. The van der Waals surface area contributed by atoms with Crippen LogP contribution in [0.3, 0.4) is 0 Å². The highest BCUT2D eigenvalue weighted by Gasteiger charge is 2.31. The molecular formula is C26H27F3N4O3S. The summed E-state index contributed by atoms with van der Waals surface area (Å²) in [4.78, 5) is 0.282. The predicted octanol–water partition coefficient (Wildman–Crippen LogP) is 5.63. The first kappa shape index (κ1) is 26.5. The Bertz CT molecular complexity index is 1530. The van der Waals surface area contributed by atoms with Gasteiger partial charge in [0.15, 0.2) is 0 Å². The van der Waals surface area contributed by atoms with Gasteiger partial charge in [0, 0.05) is 29.7 Å². The lowest BCUT2D eigenvalue weighted by Gasteiger charge is -2.18. The summed E-state index contributed by atoms with van der Waals surface area (Å²) in [5.41, 5.74) is 4.14. The Kier molecular flexibility index (Phi) is 7.20. The van der Waals surface area contributed by atoms with E-state index in [1.807, 2.05) is 25.1 Å². The Hall–Kier alpha value is -3.57. The largest absolute Gasteiger partial charge is 0.573 e. The first-order chi connectivity index (χ1) is 17.3. The quantitative estimate of drug-likeness (QED) is 0.307. The number of rotatable bonds is 8. The fourth-order valence-electron chi connectivity index (χ4n) is 4.44. The number of alkyl halides is 3. The van der Waals surface area contributed by atoms with Crippen LogP contribution in [0.1, 0.15) is 23.6 Å². The molecule has 1 heterocycles. The zero-order chi connectivity index (χ0) is 27.0. The van der Waals surface area contributed by atoms with Crippen molar-refractivity contribution in [2.75, 3.05) is 11.9 Å². The summed E-state index contributed by atoms with van der Waals surface area (Å²) >= 11 is 0. The van der Waals surface area contributed by atoms with Crippen LogP contribution in [0.15, 0.2) is 65.7 Å². The summed E-state index contributed by atoms with van der Waals surface area (Å²) in [7, 11) is -3.73. The lowest BCUT2D eigenvalue weighted by atomic mass is 10.1. The first-order valence-corrected chi connectivity index (χ1v) is 13.0. The van der Waals surface area contributed by atoms with Crippen LogP contribution in [0.25, 0.3) is 16.6 Å². The van der Waals surface area contributed by atoms with Crippen LogP contribution in [0.2, 0.25) is 0 Å². The molecule has 1 atom stereocenters. The Morgan fingerprint density at radius 1 is 1.03 bits per heavy atom. The van der Waals surface area contributed by atoms with Gasteiger partial charge in [0.25, 0.3) is 0 Å². The smallest absolute Gasteiger partial charge is 0.406 e. The molecule has 37 heavy (non-hydrogen) atoms. The van der Waals surface area contributed by atoms with Crippen molar-refractivity contribution in [1.82, 2.24) is 14.5 Å². The molecule has 4 rings (SSSR count). The molecule has 0 spiro atoms. The molecule has 4 aromatic rings. The number of hydrogen-bond donors (Lipinski definition) is 2. The van der Waals surface area contributed by atoms with Crippen molar-refractivity contribution in [3.63, 3.8) is 0 Å². The number of sulfonamides is 1. The van der Waals surface area contributed by atoms with Crippen molar-refractivity contribution in [2.45, 2.75) is 45.0 Å². The molecule has 1 aromatic heterocycles. The zero-order valence-electron chi connectivity index (χ0n) is 20.7. The van der Waals surface area contributed by atoms with Gasteiger partial charge in [0.2, 0.25) is 10.0 Å². The lowest BCUT2D eigenvalue weighted by Crippen LogP contribution is -2.38. The molecule has 0 aliphatic carbocycles. The van der Waals surface area contributed by atoms with E-state index in [1.165, 1.54) is 22.9 Å². The zero-order valence-corrected chi connectivity index (χ0v) is 21.5. The molecule has 0 saturated carbocycles. The Morgan fingerprint density at radius 3 is 2.38 bits per heavy atom. The SMILES string of the molecule is Cc1cc(C)c(S(=O)(=O)N[C@@H](C)CNc2cccc3c2cnn3-c2cccc(OC(F)(F)F)c2)c(C)c1. The average molecular weight is 533 g/mol. The molecule has 0 aliphatic rings. The minimum atomic E-state index is -4.79. The van der Waals surface area contributed by atoms with Gasteiger partial charge < -0.3 is 10.1 Å². The highest BCUT2D eigenvalue weighted by Crippen LogP contribution is 2.29. The number of anilines is 1. The number of ether oxygens (including phenoxy) is 1. The minimum absolute atomic E-state index is 0.282. The second-order valence-corrected chi connectivity index (χ2v) is 10.6. The number of aryl methyl sites for hydroxylation is 3. The van der Waals surface area contributed by atoms with Crippen LogP contribution in [0.4, 0.5) is 18.9 Å². The molecule has 196 valence electrons. The second-order valence-electron chi connectivity index (χ2n) is 8.97. The molecule has 7 nitrogen and oxygen atoms in total. The van der Waals surface area contributed by atoms with E-state index in [-0.39, 0.29) is 10.6 Å². The third kappa shape index (κ3) is 6.05. The van der Waals surface area contributed by atoms with Crippen molar-refractivity contribution in [2.24, 2.45) is 0 Å². The first-order valence-electron chi connectivity index (χ1n) is 11.5. The molecule has 0 unspecified atom stereocenters. The molecule has 0 radical (unpaired) electrons. The number of hydrogen-bond acceptors (Lipinski definition) is 5. The van der Waals surface area contributed by atoms with Crippen LogP contribution in [-0.2, 0) is 10.0 Å². The summed E-state index contributed by atoms with van der Waals surface area (Å²) in [6.45, 7) is 7.54. The monoisotopic (exact) mass is 532 g/mol. The van der Waals surface area contributed by atoms with Gasteiger partial charge in [-0.1, -0.05) is 29.8 Å². The Balaban J connectivity index is 1.52. The van der Waals surface area contributed by atoms with E-state index in [9.17, 15) is 21.6 Å². The third-order valence-electron chi connectivity index (χ3n) is 5.74. The van der Waals surface area contributed by atoms with Gasteiger partial charge in [-0.05, 0) is 63.1 Å². The number of nitrogens with zero attached hydrogens (tertiary/aromatic N) is 2. The molecule has 0 saturated heterocycles. The van der Waals surface area contributed by atoms with Gasteiger partial charge in [0.05, 0.1) is 22.3 Å². The molecule has 0 bridgehead atoms. The van der Waals surface area contributed by atoms with Crippen LogP contribution in [0.5, 0.6) is 5.75 Å². The van der Waals surface area contributed by atoms with E-state index < -0.39 is 22.4 Å². The number of benzene rings is 3. The van der Waals surface area contributed by atoms with E-state index in [2.05, 4.69) is 19.9 Å². The van der Waals surface area contributed by atoms with Crippen LogP contribution in [-0.4, -0.2) is 37.1 Å². The molecule has 11 heteroatoms. The van der Waals surface area contributed by atoms with Crippen molar-refractivity contribution in [3.8, 4) is 11.4 Å². The van der Waals surface area contributed by atoms with Gasteiger partial charge in [-0.2, -0.15) is 5.10 Å². The maximum atomic E-state index is 13.1. The van der Waals surface area contributed by atoms with Gasteiger partial charge in [-0.3, -0.25) is 0 Å². The van der Waals surface area contributed by atoms with Gasteiger partial charge in [0.1, 0.15) is 5.75 Å². The number of halogens is 3. The van der Waals surface area contributed by atoms with E-state index >= 15 is 0 Å². The van der Waals surface area contributed by atoms with Crippen LogP contribution >= 0.6 is 0 Å². The van der Waals surface area contributed by atoms with Crippen molar-refractivity contribution < 1.29 is 26.3 Å². The lowest BCUT2D eigenvalue weighted by molar-refractivity contribution is -0.274. The van der Waals surface area contributed by atoms with Crippen molar-refractivity contribution in [3.05, 3.63) is 77.5 Å². The fourth-order valence-corrected chi connectivity index (χ4v) is 6.14. The molecular weight excluding hydrogens is 505 g/mol. The topological polar surface area (TPSA) is 85.3 Å². The molecule has 0 amide bonds. The van der Waals surface area contributed by atoms with Crippen molar-refractivity contribution in [1.29, 1.82) is 0 Å². The van der Waals surface area contributed by atoms with Gasteiger partial charge in [-0.25, -0.2) is 17.8 Å². The highest BCUT2D eigenvalue weighted by molar-refractivity contribution is 7.89. The van der Waals surface area contributed by atoms with E-state index in [4.69, 9.17) is 0 Å². The summed E-state index contributed by atoms with van der Waals surface area (Å²) in [6.07, 6.45) is -3.19. The summed E-state index contributed by atoms with van der Waals surface area (Å²) in [6, 6.07) is 14.2. The predicted molar refractivity (Wildman–Crippen MR) is 137 cm³/mol. The number of fused-ring (bicyclic) bond motifs is 1. The molecule has 3 aromatic carbocycles. The van der Waals surface area contributed by atoms with E-state index in [1.54, 1.807) is 45.2 Å². The maximum absolute atomic E-state index is 13.1.